The largest absolute Gasteiger partial charge is 0.352 e. The van der Waals surface area contributed by atoms with E-state index in [2.05, 4.69) is 29.8 Å². The van der Waals surface area contributed by atoms with Crippen LogP contribution in [0.15, 0.2) is 24.3 Å². The summed E-state index contributed by atoms with van der Waals surface area (Å²) in [6, 6.07) is 7.45. The fraction of sp³-hybridized carbons (Fsp3) is 0.619. The number of rotatable bonds is 9. The van der Waals surface area contributed by atoms with Crippen LogP contribution in [0.1, 0.15) is 61.9 Å². The maximum atomic E-state index is 12.2. The van der Waals surface area contributed by atoms with Crippen molar-refractivity contribution in [3.8, 4) is 0 Å². The van der Waals surface area contributed by atoms with Gasteiger partial charge in [-0.15, -0.1) is 12.4 Å². The standard InChI is InChI=1S/C21H33N3O2.ClH/c1-3-4-12-23-21(26)18-9-7-17(8-10-18)14-24-20(25)13-16(2)19-6-5-11-22-15-19;/h7-10,16,19,22H,3-6,11-15H2,1-2H3,(H,23,26)(H,24,25);1H. The summed E-state index contributed by atoms with van der Waals surface area (Å²) in [5, 5.41) is 9.32. The lowest BCUT2D eigenvalue weighted by Crippen LogP contribution is -2.35. The predicted molar refractivity (Wildman–Crippen MR) is 112 cm³/mol. The lowest BCUT2D eigenvalue weighted by Gasteiger charge is -2.28. The van der Waals surface area contributed by atoms with Crippen molar-refractivity contribution in [1.82, 2.24) is 16.0 Å². The van der Waals surface area contributed by atoms with Gasteiger partial charge < -0.3 is 16.0 Å². The van der Waals surface area contributed by atoms with Crippen LogP contribution in [0.2, 0.25) is 0 Å². The highest BCUT2D eigenvalue weighted by Crippen LogP contribution is 2.22. The van der Waals surface area contributed by atoms with Crippen LogP contribution in [0.25, 0.3) is 0 Å². The Kier molecular flexibility index (Phi) is 11.1. The van der Waals surface area contributed by atoms with Gasteiger partial charge in [-0.2, -0.15) is 0 Å². The molecule has 1 heterocycles. The lowest BCUT2D eigenvalue weighted by molar-refractivity contribution is -0.122. The van der Waals surface area contributed by atoms with Gasteiger partial charge in [0.25, 0.3) is 5.91 Å². The van der Waals surface area contributed by atoms with E-state index >= 15 is 0 Å². The second-order valence-electron chi connectivity index (χ2n) is 7.37. The molecule has 1 fully saturated rings. The molecule has 152 valence electrons. The highest BCUT2D eigenvalue weighted by Gasteiger charge is 2.21. The third kappa shape index (κ3) is 8.31. The van der Waals surface area contributed by atoms with Crippen LogP contribution in [-0.4, -0.2) is 31.4 Å². The number of nitrogens with one attached hydrogen (secondary N) is 3. The van der Waals surface area contributed by atoms with Crippen molar-refractivity contribution in [2.24, 2.45) is 11.8 Å². The third-order valence-corrected chi connectivity index (χ3v) is 5.17. The molecule has 0 aliphatic carbocycles. The summed E-state index contributed by atoms with van der Waals surface area (Å²) in [4.78, 5) is 24.2. The molecule has 0 saturated carbocycles. The topological polar surface area (TPSA) is 70.2 Å². The quantitative estimate of drug-likeness (QED) is 0.562. The summed E-state index contributed by atoms with van der Waals surface area (Å²) in [6.45, 7) is 7.61. The molecule has 1 saturated heterocycles. The van der Waals surface area contributed by atoms with Crippen LogP contribution in [0.3, 0.4) is 0 Å². The maximum Gasteiger partial charge on any atom is 0.251 e. The number of piperidine rings is 1. The maximum absolute atomic E-state index is 12.2. The van der Waals surface area contributed by atoms with E-state index in [9.17, 15) is 9.59 Å². The molecule has 0 aromatic heterocycles. The average molecular weight is 396 g/mol. The molecule has 2 unspecified atom stereocenters. The van der Waals surface area contributed by atoms with E-state index < -0.39 is 0 Å². The first kappa shape index (κ1) is 23.4. The van der Waals surface area contributed by atoms with Gasteiger partial charge in [0.15, 0.2) is 0 Å². The zero-order valence-electron chi connectivity index (χ0n) is 16.6. The van der Waals surface area contributed by atoms with Crippen molar-refractivity contribution < 1.29 is 9.59 Å². The molecule has 2 amide bonds. The molecule has 0 spiro atoms. The van der Waals surface area contributed by atoms with Crippen molar-refractivity contribution in [3.05, 3.63) is 35.4 Å². The van der Waals surface area contributed by atoms with Gasteiger partial charge in [0.1, 0.15) is 0 Å². The number of unbranched alkanes of at least 4 members (excludes halogenated alkanes) is 1. The number of carbonyl (C=O) groups is 2. The zero-order valence-corrected chi connectivity index (χ0v) is 17.4. The zero-order chi connectivity index (χ0) is 18.8. The molecule has 27 heavy (non-hydrogen) atoms. The summed E-state index contributed by atoms with van der Waals surface area (Å²) in [5.41, 5.74) is 1.67. The van der Waals surface area contributed by atoms with Gasteiger partial charge in [-0.1, -0.05) is 32.4 Å². The van der Waals surface area contributed by atoms with E-state index in [1.165, 1.54) is 12.8 Å². The summed E-state index contributed by atoms with van der Waals surface area (Å²) in [6.07, 6.45) is 5.04. The van der Waals surface area contributed by atoms with E-state index in [1.807, 2.05) is 24.3 Å². The van der Waals surface area contributed by atoms with Gasteiger partial charge >= 0.3 is 0 Å². The van der Waals surface area contributed by atoms with E-state index in [0.717, 1.165) is 31.5 Å². The van der Waals surface area contributed by atoms with Crippen molar-refractivity contribution >= 4 is 24.2 Å². The monoisotopic (exact) mass is 395 g/mol. The molecule has 3 N–H and O–H groups in total. The fourth-order valence-corrected chi connectivity index (χ4v) is 3.35. The number of benzene rings is 1. The fourth-order valence-electron chi connectivity index (χ4n) is 3.35. The first-order chi connectivity index (χ1) is 12.6. The van der Waals surface area contributed by atoms with Crippen molar-refractivity contribution in [2.45, 2.75) is 52.5 Å². The van der Waals surface area contributed by atoms with Gasteiger partial charge in [-0.25, -0.2) is 0 Å². The Balaban J connectivity index is 0.00000364. The van der Waals surface area contributed by atoms with Crippen LogP contribution in [-0.2, 0) is 11.3 Å². The summed E-state index contributed by atoms with van der Waals surface area (Å²) >= 11 is 0. The minimum atomic E-state index is -0.0380. The molecule has 0 radical (unpaired) electrons. The van der Waals surface area contributed by atoms with Gasteiger partial charge in [-0.05, 0) is 61.9 Å². The summed E-state index contributed by atoms with van der Waals surface area (Å²) < 4.78 is 0. The molecular formula is C21H34ClN3O2. The number of carbonyl (C=O) groups excluding carboxylic acids is 2. The van der Waals surface area contributed by atoms with E-state index in [-0.39, 0.29) is 24.2 Å². The van der Waals surface area contributed by atoms with E-state index in [1.54, 1.807) is 0 Å². The second kappa shape index (κ2) is 12.7. The van der Waals surface area contributed by atoms with Crippen LogP contribution in [0.5, 0.6) is 0 Å². The molecule has 2 atom stereocenters. The molecule has 2 rings (SSSR count). The van der Waals surface area contributed by atoms with Gasteiger partial charge in [-0.3, -0.25) is 9.59 Å². The molecule has 1 aliphatic rings. The Morgan fingerprint density at radius 1 is 1.22 bits per heavy atom. The van der Waals surface area contributed by atoms with Gasteiger partial charge in [0.2, 0.25) is 5.91 Å². The van der Waals surface area contributed by atoms with Crippen LogP contribution >= 0.6 is 12.4 Å². The minimum Gasteiger partial charge on any atom is -0.352 e. The summed E-state index contributed by atoms with van der Waals surface area (Å²) in [5.74, 6) is 1.06. The molecule has 1 aliphatic heterocycles. The Morgan fingerprint density at radius 2 is 1.96 bits per heavy atom. The van der Waals surface area contributed by atoms with Crippen molar-refractivity contribution in [1.29, 1.82) is 0 Å². The number of amides is 2. The normalized spacial score (nSPS) is 17.5. The van der Waals surface area contributed by atoms with Crippen LogP contribution in [0, 0.1) is 11.8 Å². The summed E-state index contributed by atoms with van der Waals surface area (Å²) in [7, 11) is 0. The van der Waals surface area contributed by atoms with E-state index in [0.29, 0.717) is 36.9 Å². The first-order valence-corrected chi connectivity index (χ1v) is 9.94. The Morgan fingerprint density at radius 3 is 2.59 bits per heavy atom. The van der Waals surface area contributed by atoms with Crippen LogP contribution < -0.4 is 16.0 Å². The van der Waals surface area contributed by atoms with Crippen LogP contribution in [0.4, 0.5) is 0 Å². The van der Waals surface area contributed by atoms with Crippen molar-refractivity contribution in [3.63, 3.8) is 0 Å². The van der Waals surface area contributed by atoms with Gasteiger partial charge in [0.05, 0.1) is 0 Å². The molecule has 5 nitrogen and oxygen atoms in total. The molecule has 1 aromatic rings. The first-order valence-electron chi connectivity index (χ1n) is 9.94. The highest BCUT2D eigenvalue weighted by molar-refractivity contribution is 5.94. The lowest BCUT2D eigenvalue weighted by atomic mass is 9.85. The molecule has 1 aromatic carbocycles. The average Bonchev–Trinajstić information content (AvgIpc) is 2.67. The van der Waals surface area contributed by atoms with Gasteiger partial charge in [0, 0.05) is 25.1 Å². The number of halogens is 1. The SMILES string of the molecule is CCCCNC(=O)c1ccc(CNC(=O)CC(C)C2CCCNC2)cc1.Cl. The number of hydrogen-bond donors (Lipinski definition) is 3. The Hall–Kier alpha value is -1.59. The molecule has 0 bridgehead atoms. The smallest absolute Gasteiger partial charge is 0.251 e. The minimum absolute atomic E-state index is 0. The second-order valence-corrected chi connectivity index (χ2v) is 7.37. The molecular weight excluding hydrogens is 362 g/mol. The Bertz CT molecular complexity index is 571. The molecule has 6 heteroatoms. The third-order valence-electron chi connectivity index (χ3n) is 5.17. The van der Waals surface area contributed by atoms with E-state index in [4.69, 9.17) is 0 Å². The number of hydrogen-bond acceptors (Lipinski definition) is 3. The predicted octanol–water partition coefficient (Wildman–Crippen LogP) is 3.28. The Labute approximate surface area is 169 Å². The van der Waals surface area contributed by atoms with Crippen molar-refractivity contribution in [2.75, 3.05) is 19.6 Å². The highest BCUT2D eigenvalue weighted by atomic mass is 35.5.